The molecule has 0 aliphatic carbocycles. The third kappa shape index (κ3) is 11.6. The number of carbonyl (C=O) groups excluding carboxylic acids is 1. The van der Waals surface area contributed by atoms with E-state index in [0.29, 0.717) is 19.6 Å². The van der Waals surface area contributed by atoms with Crippen LogP contribution in [0.15, 0.2) is 12.2 Å². The van der Waals surface area contributed by atoms with Gasteiger partial charge in [-0.2, -0.15) is 0 Å². The number of alkyl halides is 1. The summed E-state index contributed by atoms with van der Waals surface area (Å²) in [6, 6.07) is 0. The lowest BCUT2D eigenvalue weighted by Crippen LogP contribution is -2.24. The van der Waals surface area contributed by atoms with Gasteiger partial charge in [-0.1, -0.05) is 28.1 Å². The molecule has 0 radical (unpaired) electrons. The van der Waals surface area contributed by atoms with Gasteiger partial charge in [0.25, 0.3) is 0 Å². The Labute approximate surface area is 100.0 Å². The molecular weight excluding hydrogens is 260 g/mol. The average Bonchev–Trinajstić information content (AvgIpc) is 2.08. The molecule has 4 heteroatoms. The van der Waals surface area contributed by atoms with E-state index in [4.69, 9.17) is 9.47 Å². The molecule has 0 saturated heterocycles. The summed E-state index contributed by atoms with van der Waals surface area (Å²) in [6.45, 7) is 6.50. The van der Waals surface area contributed by atoms with Gasteiger partial charge in [0.15, 0.2) is 0 Å². The highest BCUT2D eigenvalue weighted by Gasteiger charge is 2.15. The Morgan fingerprint density at radius 3 is 2.53 bits per heavy atom. The molecule has 0 aromatic carbocycles. The molecule has 0 heterocycles. The fourth-order valence-electron chi connectivity index (χ4n) is 0.830. The van der Waals surface area contributed by atoms with E-state index in [-0.39, 0.29) is 5.97 Å². The lowest BCUT2D eigenvalue weighted by molar-refractivity contribution is -0.155. The van der Waals surface area contributed by atoms with Gasteiger partial charge in [0.05, 0.1) is 19.6 Å². The summed E-state index contributed by atoms with van der Waals surface area (Å²) in [6.07, 6.45) is 4.16. The van der Waals surface area contributed by atoms with Crippen molar-refractivity contribution in [1.82, 2.24) is 0 Å². The number of hydrogen-bond donors (Lipinski definition) is 0. The summed E-state index contributed by atoms with van der Waals surface area (Å²) >= 11 is 3.26. The number of carbonyl (C=O) groups is 1. The average molecular weight is 279 g/mol. The number of halogens is 1. The van der Waals surface area contributed by atoms with Crippen molar-refractivity contribution < 1.29 is 14.3 Å². The molecule has 0 bridgehead atoms. The summed E-state index contributed by atoms with van der Waals surface area (Å²) in [4.78, 5) is 11.2. The SMILES string of the molecule is CC(C)(C)OC(=O)CCOC/C=C/CBr. The smallest absolute Gasteiger partial charge is 0.308 e. The van der Waals surface area contributed by atoms with Crippen molar-refractivity contribution in [3.05, 3.63) is 12.2 Å². The summed E-state index contributed by atoms with van der Waals surface area (Å²) < 4.78 is 10.3. The van der Waals surface area contributed by atoms with Crippen LogP contribution in [0.25, 0.3) is 0 Å². The minimum Gasteiger partial charge on any atom is -0.460 e. The van der Waals surface area contributed by atoms with Gasteiger partial charge in [-0.15, -0.1) is 0 Å². The van der Waals surface area contributed by atoms with Gasteiger partial charge >= 0.3 is 5.97 Å². The van der Waals surface area contributed by atoms with Crippen molar-refractivity contribution in [2.75, 3.05) is 18.5 Å². The lowest BCUT2D eigenvalue weighted by atomic mass is 10.2. The molecule has 3 nitrogen and oxygen atoms in total. The lowest BCUT2D eigenvalue weighted by Gasteiger charge is -2.19. The predicted octanol–water partition coefficient (Wildman–Crippen LogP) is 2.69. The van der Waals surface area contributed by atoms with Crippen LogP contribution >= 0.6 is 15.9 Å². The highest BCUT2D eigenvalue weighted by molar-refractivity contribution is 9.09. The van der Waals surface area contributed by atoms with E-state index in [1.807, 2.05) is 32.9 Å². The van der Waals surface area contributed by atoms with Gasteiger partial charge in [0, 0.05) is 5.33 Å². The van der Waals surface area contributed by atoms with Gasteiger partial charge in [-0.05, 0) is 20.8 Å². The fourth-order valence-corrected chi connectivity index (χ4v) is 1.09. The van der Waals surface area contributed by atoms with Gasteiger partial charge in [-0.3, -0.25) is 4.79 Å². The van der Waals surface area contributed by atoms with E-state index in [1.54, 1.807) is 0 Å². The molecular formula is C11H19BrO3. The summed E-state index contributed by atoms with van der Waals surface area (Å²) in [7, 11) is 0. The molecule has 0 atom stereocenters. The topological polar surface area (TPSA) is 35.5 Å². The molecule has 0 aromatic heterocycles. The molecule has 0 aliphatic rings. The maximum Gasteiger partial charge on any atom is 0.308 e. The molecule has 0 spiro atoms. The Morgan fingerprint density at radius 2 is 2.00 bits per heavy atom. The number of hydrogen-bond acceptors (Lipinski definition) is 3. The van der Waals surface area contributed by atoms with Crippen molar-refractivity contribution in [3.63, 3.8) is 0 Å². The normalized spacial score (nSPS) is 12.0. The summed E-state index contributed by atoms with van der Waals surface area (Å²) in [5, 5.41) is 0.822. The zero-order valence-corrected chi connectivity index (χ0v) is 11.2. The van der Waals surface area contributed by atoms with Crippen molar-refractivity contribution in [3.8, 4) is 0 Å². The van der Waals surface area contributed by atoms with E-state index >= 15 is 0 Å². The maximum absolute atomic E-state index is 11.2. The first kappa shape index (κ1) is 14.6. The quantitative estimate of drug-likeness (QED) is 0.324. The minimum absolute atomic E-state index is 0.216. The van der Waals surface area contributed by atoms with E-state index in [9.17, 15) is 4.79 Å². The Morgan fingerprint density at radius 1 is 1.33 bits per heavy atom. The molecule has 0 rings (SSSR count). The van der Waals surface area contributed by atoms with Crippen LogP contribution in [0.5, 0.6) is 0 Å². The molecule has 0 aliphatic heterocycles. The summed E-state index contributed by atoms with van der Waals surface area (Å²) in [5.41, 5.74) is -0.410. The molecule has 0 saturated carbocycles. The molecule has 0 unspecified atom stereocenters. The minimum atomic E-state index is -0.410. The fraction of sp³-hybridized carbons (Fsp3) is 0.727. The molecule has 0 aromatic rings. The second kappa shape index (κ2) is 7.88. The number of rotatable bonds is 6. The monoisotopic (exact) mass is 278 g/mol. The first-order chi connectivity index (χ1) is 6.95. The van der Waals surface area contributed by atoms with E-state index in [1.165, 1.54) is 0 Å². The van der Waals surface area contributed by atoms with E-state index in [2.05, 4.69) is 15.9 Å². The first-order valence-electron chi connectivity index (χ1n) is 4.96. The van der Waals surface area contributed by atoms with Crippen LogP contribution in [-0.4, -0.2) is 30.1 Å². The van der Waals surface area contributed by atoms with Crippen molar-refractivity contribution >= 4 is 21.9 Å². The highest BCUT2D eigenvalue weighted by Crippen LogP contribution is 2.07. The highest BCUT2D eigenvalue weighted by atomic mass is 79.9. The van der Waals surface area contributed by atoms with Crippen LogP contribution in [-0.2, 0) is 14.3 Å². The second-order valence-corrected chi connectivity index (χ2v) is 4.68. The van der Waals surface area contributed by atoms with Gasteiger partial charge < -0.3 is 9.47 Å². The summed E-state index contributed by atoms with van der Waals surface area (Å²) in [5.74, 6) is -0.216. The zero-order chi connectivity index (χ0) is 11.7. The van der Waals surface area contributed by atoms with Crippen LogP contribution in [0, 0.1) is 0 Å². The Bertz CT molecular complexity index is 206. The van der Waals surface area contributed by atoms with E-state index in [0.717, 1.165) is 5.33 Å². The Kier molecular flexibility index (Phi) is 7.70. The van der Waals surface area contributed by atoms with Crippen LogP contribution in [0.1, 0.15) is 27.2 Å². The molecule has 0 amide bonds. The van der Waals surface area contributed by atoms with Crippen LogP contribution in [0.4, 0.5) is 0 Å². The molecule has 88 valence electrons. The Hall–Kier alpha value is -0.350. The molecule has 15 heavy (non-hydrogen) atoms. The van der Waals surface area contributed by atoms with Crippen molar-refractivity contribution in [1.29, 1.82) is 0 Å². The number of allylic oxidation sites excluding steroid dienone is 1. The molecule has 0 N–H and O–H groups in total. The van der Waals surface area contributed by atoms with Crippen LogP contribution in [0.3, 0.4) is 0 Å². The second-order valence-electron chi connectivity index (χ2n) is 4.04. The van der Waals surface area contributed by atoms with Gasteiger partial charge in [0.1, 0.15) is 5.60 Å². The van der Waals surface area contributed by atoms with Gasteiger partial charge in [0.2, 0.25) is 0 Å². The van der Waals surface area contributed by atoms with Gasteiger partial charge in [-0.25, -0.2) is 0 Å². The van der Waals surface area contributed by atoms with Crippen LogP contribution in [0.2, 0.25) is 0 Å². The number of esters is 1. The van der Waals surface area contributed by atoms with E-state index < -0.39 is 5.60 Å². The maximum atomic E-state index is 11.2. The zero-order valence-electron chi connectivity index (χ0n) is 9.59. The van der Waals surface area contributed by atoms with Crippen molar-refractivity contribution in [2.45, 2.75) is 32.8 Å². The third-order valence-electron chi connectivity index (χ3n) is 1.34. The Balaban J connectivity index is 3.44. The largest absolute Gasteiger partial charge is 0.460 e. The first-order valence-corrected chi connectivity index (χ1v) is 6.08. The predicted molar refractivity (Wildman–Crippen MR) is 64.2 cm³/mol. The molecule has 0 fully saturated rings. The van der Waals surface area contributed by atoms with Crippen molar-refractivity contribution in [2.24, 2.45) is 0 Å². The standard InChI is InChI=1S/C11H19BrO3/c1-11(2,3)15-10(13)6-9-14-8-5-4-7-12/h4-5H,6-9H2,1-3H3/b5-4+. The third-order valence-corrected chi connectivity index (χ3v) is 1.71. The number of ether oxygens (including phenoxy) is 2. The van der Waals surface area contributed by atoms with Crippen LogP contribution < -0.4 is 0 Å².